The maximum atomic E-state index is 5.70. The molecule has 1 heterocycles. The minimum atomic E-state index is 0.389. The van der Waals surface area contributed by atoms with Crippen molar-refractivity contribution in [3.05, 3.63) is 30.1 Å². The van der Waals surface area contributed by atoms with E-state index >= 15 is 0 Å². The average Bonchev–Trinajstić information content (AvgIpc) is 2.30. The van der Waals surface area contributed by atoms with Gasteiger partial charge < -0.3 is 11.5 Å². The van der Waals surface area contributed by atoms with Crippen LogP contribution >= 0.6 is 0 Å². The molecule has 0 saturated heterocycles. The van der Waals surface area contributed by atoms with Crippen LogP contribution in [0.5, 0.6) is 0 Å². The molecule has 2 atom stereocenters. The lowest BCUT2D eigenvalue weighted by atomic mass is 9.80. The zero-order valence-electron chi connectivity index (χ0n) is 9.56. The molecule has 3 heteroatoms. The van der Waals surface area contributed by atoms with E-state index in [9.17, 15) is 0 Å². The summed E-state index contributed by atoms with van der Waals surface area (Å²) in [6, 6.07) is 4.08. The van der Waals surface area contributed by atoms with Crippen LogP contribution in [0.2, 0.25) is 0 Å². The minimum Gasteiger partial charge on any atom is -0.330 e. The molecule has 3 nitrogen and oxygen atoms in total. The van der Waals surface area contributed by atoms with Crippen molar-refractivity contribution in [2.45, 2.75) is 19.8 Å². The van der Waals surface area contributed by atoms with E-state index in [0.29, 0.717) is 30.8 Å². The first-order valence-electron chi connectivity index (χ1n) is 5.50. The molecule has 84 valence electrons. The summed E-state index contributed by atoms with van der Waals surface area (Å²) in [5, 5.41) is 0. The molecule has 1 aromatic heterocycles. The molecule has 2 unspecified atom stereocenters. The van der Waals surface area contributed by atoms with E-state index in [1.807, 2.05) is 12.3 Å². The molecule has 0 saturated carbocycles. The van der Waals surface area contributed by atoms with Crippen molar-refractivity contribution < 1.29 is 0 Å². The highest BCUT2D eigenvalue weighted by Crippen LogP contribution is 2.28. The number of hydrogen-bond acceptors (Lipinski definition) is 3. The second-order valence-electron chi connectivity index (χ2n) is 4.17. The largest absolute Gasteiger partial charge is 0.330 e. The van der Waals surface area contributed by atoms with Crippen LogP contribution in [0.4, 0.5) is 0 Å². The second kappa shape index (κ2) is 5.83. The summed E-state index contributed by atoms with van der Waals surface area (Å²) >= 11 is 0. The number of nitrogens with two attached hydrogens (primary N) is 2. The quantitative estimate of drug-likeness (QED) is 0.766. The standard InChI is InChI=1S/C12H21N3/c1-9(10(2)12(6-13)7-14)11-4-3-5-15-8-11/h3-5,8-10,12H,6-7,13-14H2,1-2H3. The summed E-state index contributed by atoms with van der Waals surface area (Å²) < 4.78 is 0. The van der Waals surface area contributed by atoms with Crippen molar-refractivity contribution in [2.24, 2.45) is 23.3 Å². The van der Waals surface area contributed by atoms with Crippen molar-refractivity contribution >= 4 is 0 Å². The lowest BCUT2D eigenvalue weighted by Gasteiger charge is -2.27. The molecular weight excluding hydrogens is 186 g/mol. The zero-order valence-corrected chi connectivity index (χ0v) is 9.56. The van der Waals surface area contributed by atoms with Crippen LogP contribution in [-0.2, 0) is 0 Å². The van der Waals surface area contributed by atoms with Gasteiger partial charge in [-0.2, -0.15) is 0 Å². The molecule has 1 rings (SSSR count). The Balaban J connectivity index is 2.71. The molecule has 0 aliphatic rings. The van der Waals surface area contributed by atoms with Crippen molar-refractivity contribution in [1.29, 1.82) is 0 Å². The maximum Gasteiger partial charge on any atom is 0.0302 e. The topological polar surface area (TPSA) is 64.9 Å². The number of hydrogen-bond donors (Lipinski definition) is 2. The normalized spacial score (nSPS) is 15.3. The van der Waals surface area contributed by atoms with Crippen molar-refractivity contribution in [2.75, 3.05) is 13.1 Å². The number of aromatic nitrogens is 1. The van der Waals surface area contributed by atoms with Crippen LogP contribution in [0.3, 0.4) is 0 Å². The van der Waals surface area contributed by atoms with Crippen LogP contribution in [0, 0.1) is 11.8 Å². The van der Waals surface area contributed by atoms with Gasteiger partial charge in [0, 0.05) is 12.4 Å². The summed E-state index contributed by atoms with van der Waals surface area (Å²) in [5.74, 6) is 1.33. The van der Waals surface area contributed by atoms with E-state index in [0.717, 1.165) is 0 Å². The maximum absolute atomic E-state index is 5.70. The molecule has 0 amide bonds. The molecule has 0 aliphatic carbocycles. The monoisotopic (exact) mass is 207 g/mol. The molecular formula is C12H21N3. The molecule has 1 aromatic rings. The second-order valence-corrected chi connectivity index (χ2v) is 4.17. The number of pyridine rings is 1. The van der Waals surface area contributed by atoms with Crippen molar-refractivity contribution in [3.8, 4) is 0 Å². The highest BCUT2D eigenvalue weighted by molar-refractivity contribution is 5.14. The van der Waals surface area contributed by atoms with Gasteiger partial charge in [0.1, 0.15) is 0 Å². The Bertz CT molecular complexity index is 269. The van der Waals surface area contributed by atoms with Crippen molar-refractivity contribution in [1.82, 2.24) is 4.98 Å². The summed E-state index contributed by atoms with van der Waals surface area (Å²) in [4.78, 5) is 4.14. The van der Waals surface area contributed by atoms with Gasteiger partial charge in [0.05, 0.1) is 0 Å². The smallest absolute Gasteiger partial charge is 0.0302 e. The number of nitrogens with zero attached hydrogens (tertiary/aromatic N) is 1. The van der Waals surface area contributed by atoms with E-state index in [1.54, 1.807) is 6.20 Å². The Hall–Kier alpha value is -0.930. The van der Waals surface area contributed by atoms with Gasteiger partial charge in [-0.25, -0.2) is 0 Å². The SMILES string of the molecule is CC(c1cccnc1)C(C)C(CN)CN. The molecule has 0 bridgehead atoms. The third-order valence-electron chi connectivity index (χ3n) is 3.35. The first-order chi connectivity index (χ1) is 7.20. The summed E-state index contributed by atoms with van der Waals surface area (Å²) in [5.41, 5.74) is 12.7. The average molecular weight is 207 g/mol. The first kappa shape index (κ1) is 12.1. The van der Waals surface area contributed by atoms with E-state index in [-0.39, 0.29) is 0 Å². The van der Waals surface area contributed by atoms with Crippen molar-refractivity contribution in [3.63, 3.8) is 0 Å². The highest BCUT2D eigenvalue weighted by Gasteiger charge is 2.21. The van der Waals surface area contributed by atoms with Crippen LogP contribution in [0.15, 0.2) is 24.5 Å². The summed E-state index contributed by atoms with van der Waals surface area (Å²) in [7, 11) is 0. The molecule has 0 aliphatic heterocycles. The van der Waals surface area contributed by atoms with E-state index in [1.165, 1.54) is 5.56 Å². The van der Waals surface area contributed by atoms with Gasteiger partial charge in [0.15, 0.2) is 0 Å². The number of rotatable bonds is 5. The van der Waals surface area contributed by atoms with E-state index in [4.69, 9.17) is 11.5 Å². The fraction of sp³-hybridized carbons (Fsp3) is 0.583. The first-order valence-corrected chi connectivity index (χ1v) is 5.50. The van der Waals surface area contributed by atoms with Crippen LogP contribution in [0.25, 0.3) is 0 Å². The van der Waals surface area contributed by atoms with E-state index < -0.39 is 0 Å². The highest BCUT2D eigenvalue weighted by atomic mass is 14.6. The van der Waals surface area contributed by atoms with Crippen LogP contribution in [-0.4, -0.2) is 18.1 Å². The predicted octanol–water partition coefficient (Wildman–Crippen LogP) is 1.35. The Morgan fingerprint density at radius 3 is 2.40 bits per heavy atom. The van der Waals surface area contributed by atoms with Gasteiger partial charge >= 0.3 is 0 Å². The van der Waals surface area contributed by atoms with Gasteiger partial charge in [-0.3, -0.25) is 4.98 Å². The van der Waals surface area contributed by atoms with Gasteiger partial charge in [0.25, 0.3) is 0 Å². The molecule has 0 fully saturated rings. The van der Waals surface area contributed by atoms with Gasteiger partial charge in [-0.05, 0) is 42.5 Å². The summed E-state index contributed by atoms with van der Waals surface area (Å²) in [6.07, 6.45) is 3.72. The predicted molar refractivity (Wildman–Crippen MR) is 63.4 cm³/mol. The third-order valence-corrected chi connectivity index (χ3v) is 3.35. The Labute approximate surface area is 91.9 Å². The minimum absolute atomic E-state index is 0.389. The molecule has 4 N–H and O–H groups in total. The van der Waals surface area contributed by atoms with Gasteiger partial charge in [-0.1, -0.05) is 19.9 Å². The van der Waals surface area contributed by atoms with Crippen LogP contribution in [0.1, 0.15) is 25.3 Å². The Morgan fingerprint density at radius 1 is 1.27 bits per heavy atom. The molecule has 0 aromatic carbocycles. The Morgan fingerprint density at radius 2 is 1.93 bits per heavy atom. The van der Waals surface area contributed by atoms with Gasteiger partial charge in [-0.15, -0.1) is 0 Å². The zero-order chi connectivity index (χ0) is 11.3. The fourth-order valence-corrected chi connectivity index (χ4v) is 1.88. The Kier molecular flexibility index (Phi) is 4.72. The van der Waals surface area contributed by atoms with E-state index in [2.05, 4.69) is 24.9 Å². The lowest BCUT2D eigenvalue weighted by Crippen LogP contribution is -2.31. The summed E-state index contributed by atoms with van der Waals surface area (Å²) in [6.45, 7) is 5.73. The van der Waals surface area contributed by atoms with Crippen LogP contribution < -0.4 is 11.5 Å². The lowest BCUT2D eigenvalue weighted by molar-refractivity contribution is 0.328. The fourth-order valence-electron chi connectivity index (χ4n) is 1.88. The van der Waals surface area contributed by atoms with Gasteiger partial charge in [0.2, 0.25) is 0 Å². The third kappa shape index (κ3) is 3.01. The molecule has 0 radical (unpaired) electrons. The molecule has 15 heavy (non-hydrogen) atoms. The molecule has 0 spiro atoms.